The van der Waals surface area contributed by atoms with Crippen molar-refractivity contribution in [1.82, 2.24) is 15.6 Å². The van der Waals surface area contributed by atoms with Crippen molar-refractivity contribution in [2.24, 2.45) is 4.99 Å². The van der Waals surface area contributed by atoms with E-state index in [-0.39, 0.29) is 35.2 Å². The molecular formula is C21H28FIN4. The Bertz CT molecular complexity index is 757. The van der Waals surface area contributed by atoms with Crippen LogP contribution in [0.4, 0.5) is 4.39 Å². The van der Waals surface area contributed by atoms with Crippen LogP contribution < -0.4 is 10.6 Å². The molecule has 0 unspecified atom stereocenters. The van der Waals surface area contributed by atoms with Crippen molar-refractivity contribution in [3.05, 3.63) is 65.2 Å². The number of rotatable bonds is 7. The van der Waals surface area contributed by atoms with Gasteiger partial charge in [0, 0.05) is 30.4 Å². The van der Waals surface area contributed by atoms with Crippen LogP contribution in [-0.4, -0.2) is 30.6 Å². The van der Waals surface area contributed by atoms with Gasteiger partial charge in [0.1, 0.15) is 5.82 Å². The average molecular weight is 482 g/mol. The maximum absolute atomic E-state index is 13.5. The van der Waals surface area contributed by atoms with E-state index in [1.807, 2.05) is 25.3 Å². The third-order valence-electron chi connectivity index (χ3n) is 4.85. The summed E-state index contributed by atoms with van der Waals surface area (Å²) >= 11 is 0. The van der Waals surface area contributed by atoms with E-state index in [0.29, 0.717) is 6.54 Å². The molecule has 1 aromatic heterocycles. The molecule has 1 aliphatic carbocycles. The van der Waals surface area contributed by atoms with Crippen molar-refractivity contribution in [1.29, 1.82) is 0 Å². The normalized spacial score (nSPS) is 15.0. The SMILES string of the molecule is CCNC(=NCC1(c2cccc(F)c2)CC1)NCCc1ccc(C)nc1.I. The first-order chi connectivity index (χ1) is 12.6. The Morgan fingerprint density at radius 2 is 2.04 bits per heavy atom. The molecule has 0 bridgehead atoms. The highest BCUT2D eigenvalue weighted by atomic mass is 127. The summed E-state index contributed by atoms with van der Waals surface area (Å²) in [5.74, 6) is 0.643. The molecule has 0 amide bonds. The van der Waals surface area contributed by atoms with E-state index in [1.54, 1.807) is 12.1 Å². The monoisotopic (exact) mass is 482 g/mol. The highest BCUT2D eigenvalue weighted by Crippen LogP contribution is 2.48. The third-order valence-corrected chi connectivity index (χ3v) is 4.85. The lowest BCUT2D eigenvalue weighted by Crippen LogP contribution is -2.39. The number of guanidine groups is 1. The van der Waals surface area contributed by atoms with Gasteiger partial charge in [0.2, 0.25) is 0 Å². The highest BCUT2D eigenvalue weighted by Gasteiger charge is 2.44. The van der Waals surface area contributed by atoms with E-state index in [1.165, 1.54) is 11.6 Å². The largest absolute Gasteiger partial charge is 0.357 e. The lowest BCUT2D eigenvalue weighted by Gasteiger charge is -2.16. The summed E-state index contributed by atoms with van der Waals surface area (Å²) in [6.07, 6.45) is 4.94. The maximum atomic E-state index is 13.5. The fourth-order valence-corrected chi connectivity index (χ4v) is 3.05. The minimum Gasteiger partial charge on any atom is -0.357 e. The molecule has 1 aliphatic rings. The lowest BCUT2D eigenvalue weighted by atomic mass is 9.96. The predicted molar refractivity (Wildman–Crippen MR) is 119 cm³/mol. The van der Waals surface area contributed by atoms with Gasteiger partial charge in [-0.15, -0.1) is 24.0 Å². The molecule has 1 saturated carbocycles. The highest BCUT2D eigenvalue weighted by molar-refractivity contribution is 14.0. The Hall–Kier alpha value is -1.70. The molecule has 2 aromatic rings. The number of hydrogen-bond donors (Lipinski definition) is 2. The smallest absolute Gasteiger partial charge is 0.191 e. The summed E-state index contributed by atoms with van der Waals surface area (Å²) in [4.78, 5) is 9.08. The molecule has 3 rings (SSSR count). The van der Waals surface area contributed by atoms with E-state index in [4.69, 9.17) is 4.99 Å². The summed E-state index contributed by atoms with van der Waals surface area (Å²) in [7, 11) is 0. The van der Waals surface area contributed by atoms with Crippen molar-refractivity contribution >= 4 is 29.9 Å². The molecular weight excluding hydrogens is 454 g/mol. The molecule has 0 saturated heterocycles. The number of nitrogens with zero attached hydrogens (tertiary/aromatic N) is 2. The van der Waals surface area contributed by atoms with Gasteiger partial charge in [-0.05, 0) is 62.4 Å². The molecule has 27 heavy (non-hydrogen) atoms. The number of aryl methyl sites for hydroxylation is 1. The minimum absolute atomic E-state index is 0. The van der Waals surface area contributed by atoms with Gasteiger partial charge >= 0.3 is 0 Å². The van der Waals surface area contributed by atoms with Crippen LogP contribution in [0.2, 0.25) is 0 Å². The van der Waals surface area contributed by atoms with Gasteiger partial charge in [0.05, 0.1) is 6.54 Å². The second kappa shape index (κ2) is 10.0. The Balaban J connectivity index is 0.00000261. The number of aromatic nitrogens is 1. The van der Waals surface area contributed by atoms with Crippen LogP contribution >= 0.6 is 24.0 Å². The van der Waals surface area contributed by atoms with E-state index >= 15 is 0 Å². The van der Waals surface area contributed by atoms with Crippen molar-refractivity contribution < 1.29 is 4.39 Å². The van der Waals surface area contributed by atoms with Gasteiger partial charge in [-0.1, -0.05) is 18.2 Å². The molecule has 4 nitrogen and oxygen atoms in total. The van der Waals surface area contributed by atoms with Crippen molar-refractivity contribution in [3.63, 3.8) is 0 Å². The van der Waals surface area contributed by atoms with Crippen LogP contribution in [-0.2, 0) is 11.8 Å². The fourth-order valence-electron chi connectivity index (χ4n) is 3.05. The van der Waals surface area contributed by atoms with Gasteiger partial charge in [0.15, 0.2) is 5.96 Å². The molecule has 0 radical (unpaired) electrons. The Kier molecular flexibility index (Phi) is 8.01. The van der Waals surface area contributed by atoms with Gasteiger partial charge < -0.3 is 10.6 Å². The standard InChI is InChI=1S/C21H27FN4.HI/c1-3-23-20(24-12-9-17-8-7-16(2)25-14-17)26-15-21(10-11-21)18-5-4-6-19(22)13-18;/h4-8,13-14H,3,9-12,15H2,1-2H3,(H2,23,24,26);1H. The summed E-state index contributed by atoms with van der Waals surface area (Å²) < 4.78 is 13.5. The van der Waals surface area contributed by atoms with Crippen LogP contribution in [0.25, 0.3) is 0 Å². The molecule has 1 aromatic carbocycles. The fraction of sp³-hybridized carbons (Fsp3) is 0.429. The third kappa shape index (κ3) is 6.16. The average Bonchev–Trinajstić information content (AvgIpc) is 3.43. The molecule has 1 heterocycles. The summed E-state index contributed by atoms with van der Waals surface area (Å²) in [6, 6.07) is 11.1. The summed E-state index contributed by atoms with van der Waals surface area (Å²) in [5, 5.41) is 6.67. The van der Waals surface area contributed by atoms with Crippen LogP contribution in [0.1, 0.15) is 36.6 Å². The first kappa shape index (κ1) is 21.6. The number of pyridine rings is 1. The van der Waals surface area contributed by atoms with E-state index in [2.05, 4.69) is 28.6 Å². The second-order valence-corrected chi connectivity index (χ2v) is 6.97. The van der Waals surface area contributed by atoms with E-state index < -0.39 is 0 Å². The van der Waals surface area contributed by atoms with E-state index in [0.717, 1.165) is 49.6 Å². The minimum atomic E-state index is -0.172. The number of benzene rings is 1. The zero-order chi connectivity index (χ0) is 18.4. The zero-order valence-electron chi connectivity index (χ0n) is 16.0. The first-order valence-corrected chi connectivity index (χ1v) is 9.31. The van der Waals surface area contributed by atoms with E-state index in [9.17, 15) is 4.39 Å². The molecule has 0 atom stereocenters. The van der Waals surface area contributed by atoms with Gasteiger partial charge in [0.25, 0.3) is 0 Å². The predicted octanol–water partition coefficient (Wildman–Crippen LogP) is 3.98. The van der Waals surface area contributed by atoms with Crippen LogP contribution in [0.5, 0.6) is 0 Å². The van der Waals surface area contributed by atoms with Crippen molar-refractivity contribution in [2.75, 3.05) is 19.6 Å². The maximum Gasteiger partial charge on any atom is 0.191 e. The number of aliphatic imine (C=N–C) groups is 1. The molecule has 0 spiro atoms. The molecule has 0 aliphatic heterocycles. The molecule has 2 N–H and O–H groups in total. The Morgan fingerprint density at radius 3 is 2.67 bits per heavy atom. The number of nitrogens with one attached hydrogen (secondary N) is 2. The quantitative estimate of drug-likeness (QED) is 0.357. The Labute approximate surface area is 178 Å². The summed E-state index contributed by atoms with van der Waals surface area (Å²) in [6.45, 7) is 6.33. The first-order valence-electron chi connectivity index (χ1n) is 9.31. The zero-order valence-corrected chi connectivity index (χ0v) is 18.3. The Morgan fingerprint density at radius 1 is 1.22 bits per heavy atom. The van der Waals surface area contributed by atoms with Gasteiger partial charge in [-0.25, -0.2) is 4.39 Å². The van der Waals surface area contributed by atoms with Crippen molar-refractivity contribution in [3.8, 4) is 0 Å². The van der Waals surface area contributed by atoms with Gasteiger partial charge in [-0.3, -0.25) is 9.98 Å². The second-order valence-electron chi connectivity index (χ2n) is 6.97. The van der Waals surface area contributed by atoms with Crippen LogP contribution in [0.3, 0.4) is 0 Å². The number of hydrogen-bond acceptors (Lipinski definition) is 2. The molecule has 146 valence electrons. The molecule has 1 fully saturated rings. The van der Waals surface area contributed by atoms with Crippen LogP contribution in [0, 0.1) is 12.7 Å². The van der Waals surface area contributed by atoms with Crippen molar-refractivity contribution in [2.45, 2.75) is 38.5 Å². The summed E-state index contributed by atoms with van der Waals surface area (Å²) in [5.41, 5.74) is 3.30. The van der Waals surface area contributed by atoms with Crippen LogP contribution in [0.15, 0.2) is 47.6 Å². The number of halogens is 2. The lowest BCUT2D eigenvalue weighted by molar-refractivity contribution is 0.615. The molecule has 6 heteroatoms. The van der Waals surface area contributed by atoms with Gasteiger partial charge in [-0.2, -0.15) is 0 Å². The topological polar surface area (TPSA) is 49.3 Å².